The highest BCUT2D eigenvalue weighted by atomic mass is 79.9. The van der Waals surface area contributed by atoms with E-state index in [0.29, 0.717) is 5.56 Å². The van der Waals surface area contributed by atoms with Gasteiger partial charge in [0.1, 0.15) is 5.69 Å². The van der Waals surface area contributed by atoms with E-state index in [4.69, 9.17) is 4.98 Å². The number of aryl methyl sites for hydroxylation is 1. The molecule has 1 aliphatic heterocycles. The van der Waals surface area contributed by atoms with Gasteiger partial charge in [0.15, 0.2) is 0 Å². The third-order valence-electron chi connectivity index (χ3n) is 4.06. The lowest BCUT2D eigenvalue weighted by Crippen LogP contribution is -2.05. The molecule has 1 amide bonds. The van der Waals surface area contributed by atoms with Crippen LogP contribution in [-0.4, -0.2) is 10.9 Å². The van der Waals surface area contributed by atoms with Crippen LogP contribution in [0.25, 0.3) is 10.9 Å². The quantitative estimate of drug-likeness (QED) is 0.668. The molecule has 1 aromatic carbocycles. The lowest BCUT2D eigenvalue weighted by molar-refractivity contribution is 0.0995. The summed E-state index contributed by atoms with van der Waals surface area (Å²) >= 11 is 3.54. The summed E-state index contributed by atoms with van der Waals surface area (Å²) in [6, 6.07) is 3.68. The summed E-state index contributed by atoms with van der Waals surface area (Å²) in [5.74, 6) is -0.273. The van der Waals surface area contributed by atoms with Gasteiger partial charge in [0.05, 0.1) is 11.1 Å². The van der Waals surface area contributed by atoms with Crippen LogP contribution in [0.2, 0.25) is 0 Å². The SMILES string of the molecule is O=C1N=Nc2c3c(nc4c(Br)ccc1c24)CCCCC3. The maximum Gasteiger partial charge on any atom is 0.296 e. The number of carbonyl (C=O) groups is 1. The first kappa shape index (κ1) is 12.1. The van der Waals surface area contributed by atoms with Crippen molar-refractivity contribution < 1.29 is 4.79 Å². The minimum Gasteiger partial charge on any atom is -0.265 e. The fourth-order valence-corrected chi connectivity index (χ4v) is 3.50. The van der Waals surface area contributed by atoms with E-state index in [1.165, 1.54) is 18.4 Å². The van der Waals surface area contributed by atoms with Crippen molar-refractivity contribution in [3.8, 4) is 0 Å². The molecule has 0 radical (unpaired) electrons. The molecule has 2 heterocycles. The average molecular weight is 330 g/mol. The van der Waals surface area contributed by atoms with Crippen LogP contribution in [0.3, 0.4) is 0 Å². The largest absolute Gasteiger partial charge is 0.296 e. The summed E-state index contributed by atoms with van der Waals surface area (Å²) < 4.78 is 0.912. The summed E-state index contributed by atoms with van der Waals surface area (Å²) in [7, 11) is 0. The molecule has 0 bridgehead atoms. The Bertz CT molecular complexity index is 783. The molecule has 4 nitrogen and oxygen atoms in total. The number of pyridine rings is 1. The highest BCUT2D eigenvalue weighted by Gasteiger charge is 2.25. The zero-order valence-electron chi connectivity index (χ0n) is 10.8. The van der Waals surface area contributed by atoms with Crippen LogP contribution < -0.4 is 0 Å². The monoisotopic (exact) mass is 329 g/mol. The molecule has 2 aliphatic rings. The minimum absolute atomic E-state index is 0.273. The van der Waals surface area contributed by atoms with Crippen molar-refractivity contribution in [3.63, 3.8) is 0 Å². The fourth-order valence-electron chi connectivity index (χ4n) is 3.08. The van der Waals surface area contributed by atoms with Crippen LogP contribution in [0.15, 0.2) is 26.8 Å². The molecule has 0 atom stereocenters. The Morgan fingerprint density at radius 3 is 2.80 bits per heavy atom. The van der Waals surface area contributed by atoms with E-state index in [-0.39, 0.29) is 5.91 Å². The van der Waals surface area contributed by atoms with Crippen molar-refractivity contribution in [1.29, 1.82) is 0 Å². The number of fused-ring (bicyclic) bond motifs is 2. The first-order chi connectivity index (χ1) is 9.75. The Morgan fingerprint density at radius 2 is 1.90 bits per heavy atom. The highest BCUT2D eigenvalue weighted by molar-refractivity contribution is 9.10. The molecule has 100 valence electrons. The highest BCUT2D eigenvalue weighted by Crippen LogP contribution is 2.41. The van der Waals surface area contributed by atoms with E-state index in [0.717, 1.165) is 46.0 Å². The summed E-state index contributed by atoms with van der Waals surface area (Å²) in [6.07, 6.45) is 5.50. The fraction of sp³-hybridized carbons (Fsp3) is 0.333. The number of carbonyl (C=O) groups excluding carboxylic acids is 1. The smallest absolute Gasteiger partial charge is 0.265 e. The van der Waals surface area contributed by atoms with Gasteiger partial charge in [-0.1, -0.05) is 6.42 Å². The van der Waals surface area contributed by atoms with Crippen molar-refractivity contribution in [3.05, 3.63) is 33.4 Å². The maximum absolute atomic E-state index is 11.9. The predicted molar refractivity (Wildman–Crippen MR) is 79.5 cm³/mol. The lowest BCUT2D eigenvalue weighted by atomic mass is 9.98. The summed E-state index contributed by atoms with van der Waals surface area (Å²) in [6.45, 7) is 0. The predicted octanol–water partition coefficient (Wildman–Crippen LogP) is 4.50. The lowest BCUT2D eigenvalue weighted by Gasteiger charge is -2.16. The average Bonchev–Trinajstić information content (AvgIpc) is 2.69. The van der Waals surface area contributed by atoms with Crippen LogP contribution in [0, 0.1) is 0 Å². The molecule has 4 rings (SSSR count). The molecule has 0 saturated heterocycles. The van der Waals surface area contributed by atoms with Crippen LogP contribution in [0.5, 0.6) is 0 Å². The molecule has 0 fully saturated rings. The summed E-state index contributed by atoms with van der Waals surface area (Å²) in [5, 5.41) is 8.87. The standard InChI is InChI=1S/C15H12BrN3O/c16-10-7-6-9-12-13(18-19-15(9)20)8-4-2-1-3-5-11(8)17-14(10)12/h6-7H,1-5H2. The van der Waals surface area contributed by atoms with Crippen molar-refractivity contribution in [2.45, 2.75) is 32.1 Å². The molecular formula is C15H12BrN3O. The van der Waals surface area contributed by atoms with Gasteiger partial charge in [-0.15, -0.1) is 10.2 Å². The van der Waals surface area contributed by atoms with Gasteiger partial charge in [-0.2, -0.15) is 0 Å². The van der Waals surface area contributed by atoms with E-state index >= 15 is 0 Å². The van der Waals surface area contributed by atoms with Gasteiger partial charge in [-0.25, -0.2) is 0 Å². The van der Waals surface area contributed by atoms with Gasteiger partial charge in [-0.05, 0) is 53.7 Å². The van der Waals surface area contributed by atoms with Crippen molar-refractivity contribution >= 4 is 38.4 Å². The number of benzene rings is 1. The third kappa shape index (κ3) is 1.66. The van der Waals surface area contributed by atoms with Crippen molar-refractivity contribution in [1.82, 2.24) is 4.98 Å². The number of hydrogen-bond acceptors (Lipinski definition) is 3. The van der Waals surface area contributed by atoms with Crippen LogP contribution >= 0.6 is 15.9 Å². The van der Waals surface area contributed by atoms with Gasteiger partial charge in [0.25, 0.3) is 5.91 Å². The molecule has 5 heteroatoms. The van der Waals surface area contributed by atoms with E-state index in [9.17, 15) is 4.79 Å². The minimum atomic E-state index is -0.273. The van der Waals surface area contributed by atoms with Gasteiger partial charge < -0.3 is 0 Å². The Kier molecular flexibility index (Phi) is 2.70. The number of rotatable bonds is 0. The summed E-state index contributed by atoms with van der Waals surface area (Å²) in [4.78, 5) is 16.7. The molecule has 0 spiro atoms. The second-order valence-corrected chi connectivity index (χ2v) is 6.12. The molecule has 20 heavy (non-hydrogen) atoms. The van der Waals surface area contributed by atoms with Crippen molar-refractivity contribution in [2.24, 2.45) is 10.2 Å². The van der Waals surface area contributed by atoms with Gasteiger partial charge in [0.2, 0.25) is 0 Å². The van der Waals surface area contributed by atoms with E-state index in [2.05, 4.69) is 26.2 Å². The molecule has 1 aliphatic carbocycles. The Balaban J connectivity index is 2.16. The number of nitrogens with zero attached hydrogens (tertiary/aromatic N) is 3. The molecular weight excluding hydrogens is 318 g/mol. The van der Waals surface area contributed by atoms with E-state index < -0.39 is 0 Å². The Hall–Kier alpha value is -1.62. The number of amides is 1. The molecule has 1 aromatic heterocycles. The molecule has 0 N–H and O–H groups in total. The normalized spacial score (nSPS) is 17.1. The van der Waals surface area contributed by atoms with Gasteiger partial charge in [0, 0.05) is 21.1 Å². The van der Waals surface area contributed by atoms with Crippen LogP contribution in [0.1, 0.15) is 40.9 Å². The Labute approximate surface area is 124 Å². The van der Waals surface area contributed by atoms with Crippen LogP contribution in [-0.2, 0) is 12.8 Å². The summed E-state index contributed by atoms with van der Waals surface area (Å²) in [5.41, 5.74) is 4.63. The number of azo groups is 1. The number of halogens is 1. The number of hydrogen-bond donors (Lipinski definition) is 0. The molecule has 2 aromatic rings. The molecule has 0 unspecified atom stereocenters. The third-order valence-corrected chi connectivity index (χ3v) is 4.70. The first-order valence-corrected chi connectivity index (χ1v) is 7.65. The van der Waals surface area contributed by atoms with Crippen LogP contribution in [0.4, 0.5) is 5.69 Å². The van der Waals surface area contributed by atoms with Crippen molar-refractivity contribution in [2.75, 3.05) is 0 Å². The zero-order valence-corrected chi connectivity index (χ0v) is 12.4. The first-order valence-electron chi connectivity index (χ1n) is 6.86. The van der Waals surface area contributed by atoms with E-state index in [1.807, 2.05) is 6.07 Å². The second kappa shape index (κ2) is 4.45. The molecule has 0 saturated carbocycles. The Morgan fingerprint density at radius 1 is 1.05 bits per heavy atom. The maximum atomic E-state index is 11.9. The zero-order chi connectivity index (χ0) is 13.7. The topological polar surface area (TPSA) is 54.7 Å². The van der Waals surface area contributed by atoms with Gasteiger partial charge in [-0.3, -0.25) is 9.78 Å². The number of aromatic nitrogens is 1. The van der Waals surface area contributed by atoms with Gasteiger partial charge >= 0.3 is 0 Å². The second-order valence-electron chi connectivity index (χ2n) is 5.27. The van der Waals surface area contributed by atoms with E-state index in [1.54, 1.807) is 6.07 Å².